The zero-order valence-electron chi connectivity index (χ0n) is 12.3. The van der Waals surface area contributed by atoms with Gasteiger partial charge in [0.15, 0.2) is 5.78 Å². The average molecular weight is 282 g/mol. The van der Waals surface area contributed by atoms with Crippen LogP contribution in [0.2, 0.25) is 0 Å². The van der Waals surface area contributed by atoms with Crippen LogP contribution in [0.3, 0.4) is 0 Å². The van der Waals surface area contributed by atoms with Gasteiger partial charge in [0.1, 0.15) is 5.75 Å². The van der Waals surface area contributed by atoms with E-state index in [9.17, 15) is 9.90 Å². The third-order valence-electron chi connectivity index (χ3n) is 3.69. The zero-order chi connectivity index (χ0) is 14.9. The minimum Gasteiger partial charge on any atom is -0.508 e. The van der Waals surface area contributed by atoms with Gasteiger partial charge in [0.2, 0.25) is 0 Å². The Bertz CT molecular complexity index is 561. The summed E-state index contributed by atoms with van der Waals surface area (Å²) in [5.41, 5.74) is 1.82. The number of unbranched alkanes of at least 4 members (excludes halogenated alkanes) is 3. The molecule has 2 aromatic rings. The Balaban J connectivity index is 1.60. The van der Waals surface area contributed by atoms with Gasteiger partial charge in [0.05, 0.1) is 0 Å². The Morgan fingerprint density at radius 3 is 2.24 bits per heavy atom. The first-order chi connectivity index (χ1) is 10.3. The van der Waals surface area contributed by atoms with E-state index in [4.69, 9.17) is 0 Å². The van der Waals surface area contributed by atoms with Crippen LogP contribution in [0, 0.1) is 0 Å². The molecule has 0 saturated heterocycles. The molecule has 0 aliphatic carbocycles. The first-order valence-corrected chi connectivity index (χ1v) is 7.62. The predicted octanol–water partition coefficient (Wildman–Crippen LogP) is 4.77. The van der Waals surface area contributed by atoms with E-state index >= 15 is 0 Å². The number of hydrogen-bond acceptors (Lipinski definition) is 2. The number of Topliss-reactive ketones (excluding diaryl/α,β-unsaturated/α-hetero) is 1. The molecule has 0 unspecified atom stereocenters. The minimum atomic E-state index is 0.233. The third kappa shape index (κ3) is 5.07. The number of rotatable bonds is 8. The van der Waals surface area contributed by atoms with Gasteiger partial charge < -0.3 is 5.11 Å². The summed E-state index contributed by atoms with van der Waals surface area (Å²) in [6, 6.07) is 17.0. The minimum absolute atomic E-state index is 0.233. The van der Waals surface area contributed by atoms with E-state index < -0.39 is 0 Å². The van der Waals surface area contributed by atoms with Crippen LogP contribution in [0.1, 0.15) is 48.0 Å². The Labute approximate surface area is 126 Å². The normalized spacial score (nSPS) is 10.5. The van der Waals surface area contributed by atoms with E-state index in [-0.39, 0.29) is 5.78 Å². The van der Waals surface area contributed by atoms with E-state index in [1.165, 1.54) is 0 Å². The molecule has 0 aliphatic heterocycles. The van der Waals surface area contributed by atoms with Crippen molar-refractivity contribution >= 4 is 5.78 Å². The Morgan fingerprint density at radius 2 is 1.48 bits per heavy atom. The molecule has 0 spiro atoms. The Morgan fingerprint density at radius 1 is 0.810 bits per heavy atom. The SMILES string of the molecule is O=C(CCCCCCc1ccccc1O)c1ccccc1. The Hall–Kier alpha value is -2.09. The highest BCUT2D eigenvalue weighted by atomic mass is 16.3. The van der Waals surface area contributed by atoms with Crippen LogP contribution in [0.4, 0.5) is 0 Å². The van der Waals surface area contributed by atoms with E-state index in [2.05, 4.69) is 0 Å². The fraction of sp³-hybridized carbons (Fsp3) is 0.316. The molecule has 2 aromatic carbocycles. The van der Waals surface area contributed by atoms with Crippen molar-refractivity contribution < 1.29 is 9.90 Å². The molecule has 0 atom stereocenters. The maximum absolute atomic E-state index is 11.9. The lowest BCUT2D eigenvalue weighted by Gasteiger charge is -2.04. The molecule has 2 nitrogen and oxygen atoms in total. The lowest BCUT2D eigenvalue weighted by atomic mass is 10.0. The van der Waals surface area contributed by atoms with Crippen molar-refractivity contribution in [2.45, 2.75) is 38.5 Å². The van der Waals surface area contributed by atoms with E-state index in [1.807, 2.05) is 48.5 Å². The zero-order valence-corrected chi connectivity index (χ0v) is 12.3. The molecule has 2 rings (SSSR count). The molecule has 0 saturated carbocycles. The molecule has 110 valence electrons. The number of aryl methyl sites for hydroxylation is 1. The van der Waals surface area contributed by atoms with Gasteiger partial charge in [0.25, 0.3) is 0 Å². The van der Waals surface area contributed by atoms with E-state index in [0.717, 1.165) is 43.2 Å². The number of para-hydroxylation sites is 1. The van der Waals surface area contributed by atoms with E-state index in [1.54, 1.807) is 6.07 Å². The molecular weight excluding hydrogens is 260 g/mol. The molecule has 0 heterocycles. The highest BCUT2D eigenvalue weighted by Gasteiger charge is 2.04. The number of phenols is 1. The maximum atomic E-state index is 11.9. The van der Waals surface area contributed by atoms with Crippen LogP contribution in [-0.2, 0) is 6.42 Å². The van der Waals surface area contributed by atoms with Crippen molar-refractivity contribution in [2.75, 3.05) is 0 Å². The lowest BCUT2D eigenvalue weighted by Crippen LogP contribution is -1.98. The van der Waals surface area contributed by atoms with Crippen LogP contribution < -0.4 is 0 Å². The first kappa shape index (κ1) is 15.3. The number of hydrogen-bond donors (Lipinski definition) is 1. The topological polar surface area (TPSA) is 37.3 Å². The van der Waals surface area contributed by atoms with Crippen molar-refractivity contribution in [3.63, 3.8) is 0 Å². The lowest BCUT2D eigenvalue weighted by molar-refractivity contribution is 0.0979. The fourth-order valence-corrected chi connectivity index (χ4v) is 2.45. The summed E-state index contributed by atoms with van der Waals surface area (Å²) in [5, 5.41) is 9.67. The molecule has 2 heteroatoms. The van der Waals surface area contributed by atoms with Crippen LogP contribution in [0.15, 0.2) is 54.6 Å². The van der Waals surface area contributed by atoms with Gasteiger partial charge in [-0.3, -0.25) is 4.79 Å². The summed E-state index contributed by atoms with van der Waals surface area (Å²) >= 11 is 0. The van der Waals surface area contributed by atoms with Gasteiger partial charge in [0, 0.05) is 12.0 Å². The molecule has 0 amide bonds. The monoisotopic (exact) mass is 282 g/mol. The molecule has 1 N–H and O–H groups in total. The number of carbonyl (C=O) groups excluding carboxylic acids is 1. The highest BCUT2D eigenvalue weighted by Crippen LogP contribution is 2.18. The summed E-state index contributed by atoms with van der Waals surface area (Å²) < 4.78 is 0. The summed E-state index contributed by atoms with van der Waals surface area (Å²) in [7, 11) is 0. The van der Waals surface area contributed by atoms with Crippen LogP contribution >= 0.6 is 0 Å². The van der Waals surface area contributed by atoms with Crippen LogP contribution in [-0.4, -0.2) is 10.9 Å². The second-order valence-corrected chi connectivity index (χ2v) is 5.33. The summed E-state index contributed by atoms with van der Waals surface area (Å²) in [6.07, 6.45) is 5.67. The van der Waals surface area contributed by atoms with Crippen LogP contribution in [0.5, 0.6) is 5.75 Å². The summed E-state index contributed by atoms with van der Waals surface area (Å²) in [5.74, 6) is 0.619. The first-order valence-electron chi connectivity index (χ1n) is 7.62. The largest absolute Gasteiger partial charge is 0.508 e. The van der Waals surface area contributed by atoms with Crippen LogP contribution in [0.25, 0.3) is 0 Å². The number of ketones is 1. The molecule has 0 fully saturated rings. The number of benzene rings is 2. The fourth-order valence-electron chi connectivity index (χ4n) is 2.45. The average Bonchev–Trinajstić information content (AvgIpc) is 2.53. The number of carbonyl (C=O) groups is 1. The highest BCUT2D eigenvalue weighted by molar-refractivity contribution is 5.95. The number of aromatic hydroxyl groups is 1. The Kier molecular flexibility index (Phi) is 6.01. The van der Waals surface area contributed by atoms with Gasteiger partial charge in [-0.1, -0.05) is 61.4 Å². The van der Waals surface area contributed by atoms with Gasteiger partial charge in [-0.25, -0.2) is 0 Å². The van der Waals surface area contributed by atoms with Crippen molar-refractivity contribution in [3.8, 4) is 5.75 Å². The van der Waals surface area contributed by atoms with Crippen molar-refractivity contribution in [2.24, 2.45) is 0 Å². The molecule has 0 aromatic heterocycles. The maximum Gasteiger partial charge on any atom is 0.162 e. The third-order valence-corrected chi connectivity index (χ3v) is 3.69. The molecule has 0 aliphatic rings. The molecular formula is C19H22O2. The smallest absolute Gasteiger partial charge is 0.162 e. The van der Waals surface area contributed by atoms with Crippen molar-refractivity contribution in [1.29, 1.82) is 0 Å². The standard InChI is InChI=1S/C19H22O2/c20-18(16-11-5-3-6-12-16)14-7-2-1-4-10-17-13-8-9-15-19(17)21/h3,5-6,8-9,11-13,15,21H,1-2,4,7,10,14H2. The quantitative estimate of drug-likeness (QED) is 0.559. The summed E-state index contributed by atoms with van der Waals surface area (Å²) in [6.45, 7) is 0. The van der Waals surface area contributed by atoms with E-state index in [0.29, 0.717) is 12.2 Å². The molecule has 21 heavy (non-hydrogen) atoms. The predicted molar refractivity (Wildman–Crippen MR) is 85.7 cm³/mol. The second-order valence-electron chi connectivity index (χ2n) is 5.33. The molecule has 0 bridgehead atoms. The van der Waals surface area contributed by atoms with Gasteiger partial charge in [-0.05, 0) is 30.9 Å². The number of phenolic OH excluding ortho intramolecular Hbond substituents is 1. The van der Waals surface area contributed by atoms with Crippen molar-refractivity contribution in [1.82, 2.24) is 0 Å². The molecule has 0 radical (unpaired) electrons. The van der Waals surface area contributed by atoms with Gasteiger partial charge in [-0.2, -0.15) is 0 Å². The second kappa shape index (κ2) is 8.25. The summed E-state index contributed by atoms with van der Waals surface area (Å²) in [4.78, 5) is 11.9. The van der Waals surface area contributed by atoms with Gasteiger partial charge >= 0.3 is 0 Å². The van der Waals surface area contributed by atoms with Crippen molar-refractivity contribution in [3.05, 3.63) is 65.7 Å². The van der Waals surface area contributed by atoms with Gasteiger partial charge in [-0.15, -0.1) is 0 Å².